The first-order valence-electron chi connectivity index (χ1n) is 13.7. The number of allylic oxidation sites excluding steroid dienone is 1. The Morgan fingerprint density at radius 3 is 2.52 bits per heavy atom. The molecule has 1 fully saturated rings. The molecule has 0 aliphatic carbocycles. The van der Waals surface area contributed by atoms with Gasteiger partial charge in [-0.25, -0.2) is 9.79 Å². The number of aromatic nitrogens is 1. The zero-order chi connectivity index (χ0) is 30.0. The molecule has 0 N–H and O–H groups in total. The molecule has 42 heavy (non-hydrogen) atoms. The zero-order valence-corrected chi connectivity index (χ0v) is 25.5. The van der Waals surface area contributed by atoms with Gasteiger partial charge in [0.1, 0.15) is 17.5 Å². The van der Waals surface area contributed by atoms with Crippen molar-refractivity contribution in [1.82, 2.24) is 9.47 Å². The van der Waals surface area contributed by atoms with E-state index in [0.29, 0.717) is 37.1 Å². The first kappa shape index (κ1) is 29.6. The third-order valence-corrected chi connectivity index (χ3v) is 8.29. The number of likely N-dealkylation sites (tertiary alicyclic amines) is 1. The summed E-state index contributed by atoms with van der Waals surface area (Å²) >= 11 is 7.60. The van der Waals surface area contributed by atoms with Crippen LogP contribution < -0.4 is 24.4 Å². The van der Waals surface area contributed by atoms with Crippen molar-refractivity contribution in [3.8, 4) is 11.5 Å². The molecule has 2 aliphatic rings. The van der Waals surface area contributed by atoms with Crippen LogP contribution in [-0.2, 0) is 14.3 Å². The molecule has 2 aliphatic heterocycles. The number of nitrogens with zero attached hydrogens (tertiary/aromatic N) is 3. The number of methoxy groups -OCH3 is 1. The van der Waals surface area contributed by atoms with Gasteiger partial charge < -0.3 is 19.1 Å². The molecule has 1 saturated heterocycles. The Morgan fingerprint density at radius 1 is 1.14 bits per heavy atom. The second-order valence-electron chi connectivity index (χ2n) is 10.4. The van der Waals surface area contributed by atoms with Crippen LogP contribution in [0.5, 0.6) is 11.5 Å². The van der Waals surface area contributed by atoms with Gasteiger partial charge in [-0.1, -0.05) is 35.1 Å². The molecule has 1 amide bonds. The fraction of sp³-hybridized carbons (Fsp3) is 0.355. The Labute approximate surface area is 252 Å². The van der Waals surface area contributed by atoms with Crippen LogP contribution in [0.4, 0.5) is 0 Å². The van der Waals surface area contributed by atoms with Gasteiger partial charge in [0.25, 0.3) is 11.5 Å². The Hall–Kier alpha value is -3.89. The van der Waals surface area contributed by atoms with Crippen LogP contribution in [0.3, 0.4) is 0 Å². The molecule has 1 aromatic heterocycles. The SMILES string of the molecule is COc1ccc(Cl)cc1[C@@H]1C(C(=O)OC(C)C)=C(C)N=c2s/c(=C\c3ccc(OCC(=O)N4CCCC4)cc3)c(=O)n21. The number of hydrogen-bond acceptors (Lipinski definition) is 8. The monoisotopic (exact) mass is 609 g/mol. The molecule has 0 bridgehead atoms. The predicted molar refractivity (Wildman–Crippen MR) is 161 cm³/mol. The molecule has 1 atom stereocenters. The van der Waals surface area contributed by atoms with Crippen LogP contribution in [0, 0.1) is 0 Å². The van der Waals surface area contributed by atoms with Crippen LogP contribution >= 0.6 is 22.9 Å². The Morgan fingerprint density at radius 2 is 1.86 bits per heavy atom. The number of carbonyl (C=O) groups is 2. The molecule has 5 rings (SSSR count). The number of halogens is 1. The van der Waals surface area contributed by atoms with Crippen molar-refractivity contribution < 1.29 is 23.8 Å². The highest BCUT2D eigenvalue weighted by atomic mass is 35.5. The lowest BCUT2D eigenvalue weighted by Gasteiger charge is -2.26. The van der Waals surface area contributed by atoms with Crippen molar-refractivity contribution in [3.63, 3.8) is 0 Å². The number of rotatable bonds is 8. The summed E-state index contributed by atoms with van der Waals surface area (Å²) in [5.41, 5.74) is 1.70. The van der Waals surface area contributed by atoms with Crippen LogP contribution in [0.1, 0.15) is 50.8 Å². The predicted octanol–water partition coefficient (Wildman–Crippen LogP) is 3.85. The van der Waals surface area contributed by atoms with Gasteiger partial charge in [-0.2, -0.15) is 0 Å². The Kier molecular flexibility index (Phi) is 8.84. The third kappa shape index (κ3) is 6.15. The molecule has 3 aromatic rings. The van der Waals surface area contributed by atoms with Crippen molar-refractivity contribution in [3.05, 3.63) is 89.6 Å². The first-order chi connectivity index (χ1) is 20.2. The van der Waals surface area contributed by atoms with Gasteiger partial charge in [0.2, 0.25) is 0 Å². The number of amides is 1. The van der Waals surface area contributed by atoms with E-state index in [2.05, 4.69) is 4.99 Å². The van der Waals surface area contributed by atoms with Crippen molar-refractivity contribution >= 4 is 40.9 Å². The molecule has 0 spiro atoms. The van der Waals surface area contributed by atoms with Crippen LogP contribution in [0.15, 0.2) is 63.5 Å². The summed E-state index contributed by atoms with van der Waals surface area (Å²) in [6, 6.07) is 11.4. The van der Waals surface area contributed by atoms with Gasteiger partial charge >= 0.3 is 5.97 Å². The number of benzene rings is 2. The molecule has 9 nitrogen and oxygen atoms in total. The lowest BCUT2D eigenvalue weighted by molar-refractivity contribution is -0.143. The summed E-state index contributed by atoms with van der Waals surface area (Å²) in [6.45, 7) is 6.81. The number of esters is 1. The fourth-order valence-corrected chi connectivity index (χ4v) is 6.32. The highest BCUT2D eigenvalue weighted by molar-refractivity contribution is 7.07. The maximum absolute atomic E-state index is 13.9. The maximum Gasteiger partial charge on any atom is 0.338 e. The van der Waals surface area contributed by atoms with Crippen molar-refractivity contribution in [2.75, 3.05) is 26.8 Å². The van der Waals surface area contributed by atoms with Crippen molar-refractivity contribution in [2.24, 2.45) is 4.99 Å². The Bertz CT molecular complexity index is 1720. The summed E-state index contributed by atoms with van der Waals surface area (Å²) < 4.78 is 18.8. The highest BCUT2D eigenvalue weighted by Gasteiger charge is 2.35. The van der Waals surface area contributed by atoms with E-state index in [1.54, 1.807) is 57.2 Å². The molecule has 0 unspecified atom stereocenters. The summed E-state index contributed by atoms with van der Waals surface area (Å²) in [6.07, 6.45) is 3.46. The van der Waals surface area contributed by atoms with Gasteiger partial charge in [-0.15, -0.1) is 0 Å². The molecular weight excluding hydrogens is 578 g/mol. The molecular formula is C31H32ClN3O6S. The van der Waals surface area contributed by atoms with Gasteiger partial charge in [0, 0.05) is 23.7 Å². The number of hydrogen-bond donors (Lipinski definition) is 0. The minimum absolute atomic E-state index is 0.00810. The first-order valence-corrected chi connectivity index (χ1v) is 14.9. The van der Waals surface area contributed by atoms with Crippen LogP contribution in [-0.4, -0.2) is 54.3 Å². The van der Waals surface area contributed by atoms with E-state index in [0.717, 1.165) is 31.5 Å². The maximum atomic E-state index is 13.9. The van der Waals surface area contributed by atoms with Gasteiger partial charge in [-0.3, -0.25) is 14.2 Å². The molecule has 11 heteroatoms. The van der Waals surface area contributed by atoms with Gasteiger partial charge in [0.05, 0.1) is 29.0 Å². The fourth-order valence-electron chi connectivity index (χ4n) is 5.09. The number of carbonyl (C=O) groups excluding carboxylic acids is 2. The average molecular weight is 610 g/mol. The average Bonchev–Trinajstić information content (AvgIpc) is 3.60. The molecule has 0 radical (unpaired) electrons. The van der Waals surface area contributed by atoms with E-state index in [4.69, 9.17) is 25.8 Å². The summed E-state index contributed by atoms with van der Waals surface area (Å²) in [5.74, 6) is 0.461. The van der Waals surface area contributed by atoms with E-state index in [9.17, 15) is 14.4 Å². The number of thiazole rings is 1. The molecule has 3 heterocycles. The smallest absolute Gasteiger partial charge is 0.338 e. The van der Waals surface area contributed by atoms with Gasteiger partial charge in [0.15, 0.2) is 11.4 Å². The lowest BCUT2D eigenvalue weighted by atomic mass is 9.95. The summed E-state index contributed by atoms with van der Waals surface area (Å²) in [7, 11) is 1.52. The van der Waals surface area contributed by atoms with E-state index < -0.39 is 12.0 Å². The normalized spacial score (nSPS) is 16.9. The van der Waals surface area contributed by atoms with Crippen LogP contribution in [0.2, 0.25) is 5.02 Å². The summed E-state index contributed by atoms with van der Waals surface area (Å²) in [4.78, 5) is 46.4. The van der Waals surface area contributed by atoms with Crippen molar-refractivity contribution in [1.29, 1.82) is 0 Å². The van der Waals surface area contributed by atoms with Crippen molar-refractivity contribution in [2.45, 2.75) is 45.8 Å². The zero-order valence-electron chi connectivity index (χ0n) is 23.9. The number of fused-ring (bicyclic) bond motifs is 1. The quantitative estimate of drug-likeness (QED) is 0.360. The standard InChI is InChI=1S/C31H32ClN3O6S/c1-18(2)41-30(38)27-19(3)33-31-35(28(27)23-16-21(32)9-12-24(23)39-4)29(37)25(42-31)15-20-7-10-22(11-8-20)40-17-26(36)34-13-5-6-14-34/h7-12,15-16,18,28H,5-6,13-14,17H2,1-4H3/b25-15-/t28-/m1/s1. The minimum Gasteiger partial charge on any atom is -0.496 e. The van der Waals surface area contributed by atoms with E-state index in [-0.39, 0.29) is 29.8 Å². The number of ether oxygens (including phenoxy) is 3. The second kappa shape index (κ2) is 12.5. The highest BCUT2D eigenvalue weighted by Crippen LogP contribution is 2.37. The Balaban J connectivity index is 1.51. The molecule has 0 saturated carbocycles. The minimum atomic E-state index is -0.854. The topological polar surface area (TPSA) is 99.4 Å². The second-order valence-corrected chi connectivity index (χ2v) is 11.8. The molecule has 220 valence electrons. The molecule has 2 aromatic carbocycles. The third-order valence-electron chi connectivity index (χ3n) is 7.07. The van der Waals surface area contributed by atoms with Crippen LogP contribution in [0.25, 0.3) is 6.08 Å². The van der Waals surface area contributed by atoms with Gasteiger partial charge in [-0.05, 0) is 75.6 Å². The van der Waals surface area contributed by atoms with E-state index in [1.807, 2.05) is 17.0 Å². The van der Waals surface area contributed by atoms with E-state index in [1.165, 1.54) is 23.0 Å². The lowest BCUT2D eigenvalue weighted by Crippen LogP contribution is -2.40. The largest absolute Gasteiger partial charge is 0.496 e. The van der Waals surface area contributed by atoms with E-state index >= 15 is 0 Å². The summed E-state index contributed by atoms with van der Waals surface area (Å²) in [5, 5.41) is 0.434.